The molecule has 1 unspecified atom stereocenters. The van der Waals surface area contributed by atoms with Crippen molar-refractivity contribution in [3.8, 4) is 0 Å². The lowest BCUT2D eigenvalue weighted by Gasteiger charge is -2.31. The van der Waals surface area contributed by atoms with Gasteiger partial charge in [0.15, 0.2) is 6.23 Å². The van der Waals surface area contributed by atoms with Crippen molar-refractivity contribution < 1.29 is 9.22 Å². The topological polar surface area (TPSA) is 9.23 Å². The number of ether oxygens (including phenoxy) is 1. The Kier molecular flexibility index (Phi) is 12.6. The maximum absolute atomic E-state index is 5.86. The van der Waals surface area contributed by atoms with Crippen LogP contribution in [-0.4, -0.2) is 38.5 Å². The minimum atomic E-state index is 0.304. The number of hydrogen-bond acceptors (Lipinski definition) is 1. The molecule has 0 fully saturated rings. The maximum atomic E-state index is 5.86. The first-order valence-corrected chi connectivity index (χ1v) is 8.91. The summed E-state index contributed by atoms with van der Waals surface area (Å²) in [6, 6.07) is 0. The fraction of sp³-hybridized carbons (Fsp3) is 1.00. The Morgan fingerprint density at radius 2 is 1.10 bits per heavy atom. The molecular weight excluding hydrogens is 246 g/mol. The predicted octanol–water partition coefficient (Wildman–Crippen LogP) is 5.37. The van der Waals surface area contributed by atoms with Gasteiger partial charge in [0.1, 0.15) is 0 Å². The van der Waals surface area contributed by atoms with Gasteiger partial charge in [-0.15, -0.1) is 0 Å². The summed E-state index contributed by atoms with van der Waals surface area (Å²) >= 11 is 0. The van der Waals surface area contributed by atoms with Gasteiger partial charge in [-0.1, -0.05) is 71.1 Å². The molecule has 1 atom stereocenters. The highest BCUT2D eigenvalue weighted by Gasteiger charge is 2.17. The van der Waals surface area contributed by atoms with Crippen LogP contribution < -0.4 is 0 Å². The SMILES string of the molecule is CCCCCCCCCCCCCOC(C)[N+](C)(C)C. The Bertz CT molecular complexity index is 198. The highest BCUT2D eigenvalue weighted by Crippen LogP contribution is 2.12. The number of rotatable bonds is 14. The van der Waals surface area contributed by atoms with Crippen molar-refractivity contribution in [2.24, 2.45) is 0 Å². The van der Waals surface area contributed by atoms with Gasteiger partial charge in [-0.3, -0.25) is 0 Å². The lowest BCUT2D eigenvalue weighted by atomic mass is 10.1. The summed E-state index contributed by atoms with van der Waals surface area (Å²) in [5, 5.41) is 0. The lowest BCUT2D eigenvalue weighted by Crippen LogP contribution is -2.44. The van der Waals surface area contributed by atoms with Crippen molar-refractivity contribution in [2.45, 2.75) is 90.7 Å². The van der Waals surface area contributed by atoms with E-state index in [-0.39, 0.29) is 0 Å². The zero-order chi connectivity index (χ0) is 15.3. The van der Waals surface area contributed by atoms with Crippen LogP contribution in [0, 0.1) is 0 Å². The fourth-order valence-electron chi connectivity index (χ4n) is 2.24. The first-order chi connectivity index (χ1) is 9.48. The molecule has 0 aliphatic rings. The van der Waals surface area contributed by atoms with E-state index in [9.17, 15) is 0 Å². The monoisotopic (exact) mass is 286 g/mol. The van der Waals surface area contributed by atoms with Crippen molar-refractivity contribution in [1.29, 1.82) is 0 Å². The van der Waals surface area contributed by atoms with Gasteiger partial charge in [0, 0.05) is 6.92 Å². The van der Waals surface area contributed by atoms with Crippen LogP contribution in [0.15, 0.2) is 0 Å². The fourth-order valence-corrected chi connectivity index (χ4v) is 2.24. The Balaban J connectivity index is 3.14. The zero-order valence-corrected chi connectivity index (χ0v) is 14.9. The third kappa shape index (κ3) is 12.9. The van der Waals surface area contributed by atoms with Crippen LogP contribution in [0.25, 0.3) is 0 Å². The van der Waals surface area contributed by atoms with E-state index < -0.39 is 0 Å². The van der Waals surface area contributed by atoms with Gasteiger partial charge in [0.05, 0.1) is 27.7 Å². The highest BCUT2D eigenvalue weighted by atomic mass is 16.5. The second-order valence-electron chi connectivity index (χ2n) is 7.12. The molecule has 0 aliphatic heterocycles. The Hall–Kier alpha value is -0.0800. The van der Waals surface area contributed by atoms with Crippen molar-refractivity contribution in [1.82, 2.24) is 0 Å². The molecule has 0 N–H and O–H groups in total. The number of nitrogens with zero attached hydrogens (tertiary/aromatic N) is 1. The molecule has 0 aliphatic carbocycles. The average Bonchev–Trinajstić information content (AvgIpc) is 2.38. The van der Waals surface area contributed by atoms with Crippen LogP contribution in [0.1, 0.15) is 84.5 Å². The zero-order valence-electron chi connectivity index (χ0n) is 14.9. The van der Waals surface area contributed by atoms with Crippen LogP contribution in [0.2, 0.25) is 0 Å². The largest absolute Gasteiger partial charge is 0.329 e. The summed E-state index contributed by atoms with van der Waals surface area (Å²) < 4.78 is 6.75. The quantitative estimate of drug-likeness (QED) is 0.237. The van der Waals surface area contributed by atoms with E-state index >= 15 is 0 Å². The molecule has 122 valence electrons. The molecule has 0 aromatic rings. The third-order valence-electron chi connectivity index (χ3n) is 4.20. The summed E-state index contributed by atoms with van der Waals surface area (Å²) in [5.41, 5.74) is 0. The van der Waals surface area contributed by atoms with Crippen molar-refractivity contribution in [3.63, 3.8) is 0 Å². The molecule has 0 aromatic heterocycles. The molecule has 0 amide bonds. The Labute approximate surface area is 128 Å². The van der Waals surface area contributed by atoms with Gasteiger partial charge in [-0.2, -0.15) is 0 Å². The molecule has 0 saturated heterocycles. The van der Waals surface area contributed by atoms with Gasteiger partial charge in [-0.05, 0) is 6.42 Å². The van der Waals surface area contributed by atoms with Gasteiger partial charge in [0.2, 0.25) is 0 Å². The van der Waals surface area contributed by atoms with Crippen LogP contribution in [0.3, 0.4) is 0 Å². The van der Waals surface area contributed by atoms with Crippen molar-refractivity contribution in [2.75, 3.05) is 27.7 Å². The van der Waals surface area contributed by atoms with E-state index in [1.807, 2.05) is 0 Å². The van der Waals surface area contributed by atoms with Crippen LogP contribution in [-0.2, 0) is 4.74 Å². The number of quaternary nitrogens is 1. The average molecular weight is 287 g/mol. The first kappa shape index (κ1) is 19.9. The molecule has 2 heteroatoms. The summed E-state index contributed by atoms with van der Waals surface area (Å²) in [5.74, 6) is 0. The summed E-state index contributed by atoms with van der Waals surface area (Å²) in [6.07, 6.45) is 15.7. The molecule has 0 saturated carbocycles. The van der Waals surface area contributed by atoms with E-state index in [1.54, 1.807) is 0 Å². The summed E-state index contributed by atoms with van der Waals surface area (Å²) in [6.45, 7) is 5.37. The summed E-state index contributed by atoms with van der Waals surface area (Å²) in [4.78, 5) is 0. The van der Waals surface area contributed by atoms with E-state index in [4.69, 9.17) is 4.74 Å². The van der Waals surface area contributed by atoms with Crippen LogP contribution in [0.5, 0.6) is 0 Å². The molecular formula is C18H40NO+. The molecule has 0 heterocycles. The standard InChI is InChI=1S/C18H40NO/c1-6-7-8-9-10-11-12-13-14-15-16-17-20-18(2)19(3,4)5/h18H,6-17H2,1-5H3/q+1. The molecule has 2 nitrogen and oxygen atoms in total. The van der Waals surface area contributed by atoms with E-state index in [0.717, 1.165) is 11.1 Å². The van der Waals surface area contributed by atoms with Gasteiger partial charge < -0.3 is 9.22 Å². The first-order valence-electron chi connectivity index (χ1n) is 8.91. The minimum absolute atomic E-state index is 0.304. The van der Waals surface area contributed by atoms with Gasteiger partial charge >= 0.3 is 0 Å². The second kappa shape index (κ2) is 12.6. The normalized spacial score (nSPS) is 13.7. The molecule has 0 aromatic carbocycles. The maximum Gasteiger partial charge on any atom is 0.189 e. The lowest BCUT2D eigenvalue weighted by molar-refractivity contribution is -0.917. The molecule has 20 heavy (non-hydrogen) atoms. The van der Waals surface area contributed by atoms with E-state index in [0.29, 0.717) is 6.23 Å². The summed E-state index contributed by atoms with van der Waals surface area (Å²) in [7, 11) is 6.56. The van der Waals surface area contributed by atoms with E-state index in [2.05, 4.69) is 35.0 Å². The number of hydrogen-bond donors (Lipinski definition) is 0. The predicted molar refractivity (Wildman–Crippen MR) is 89.9 cm³/mol. The Morgan fingerprint density at radius 1 is 0.700 bits per heavy atom. The van der Waals surface area contributed by atoms with E-state index in [1.165, 1.54) is 70.6 Å². The second-order valence-corrected chi connectivity index (χ2v) is 7.12. The molecule has 0 radical (unpaired) electrons. The molecule has 0 spiro atoms. The number of unbranched alkanes of at least 4 members (excludes halogenated alkanes) is 10. The van der Waals surface area contributed by atoms with Crippen LogP contribution in [0.4, 0.5) is 0 Å². The smallest absolute Gasteiger partial charge is 0.189 e. The van der Waals surface area contributed by atoms with Gasteiger partial charge in [-0.25, -0.2) is 0 Å². The minimum Gasteiger partial charge on any atom is -0.329 e. The van der Waals surface area contributed by atoms with Crippen LogP contribution >= 0.6 is 0 Å². The third-order valence-corrected chi connectivity index (χ3v) is 4.20. The van der Waals surface area contributed by atoms with Gasteiger partial charge in [0.25, 0.3) is 0 Å². The molecule has 0 bridgehead atoms. The highest BCUT2D eigenvalue weighted by molar-refractivity contribution is 4.48. The van der Waals surface area contributed by atoms with Crippen molar-refractivity contribution in [3.05, 3.63) is 0 Å². The molecule has 0 rings (SSSR count). The van der Waals surface area contributed by atoms with Crippen molar-refractivity contribution >= 4 is 0 Å². The Morgan fingerprint density at radius 3 is 1.50 bits per heavy atom.